The van der Waals surface area contributed by atoms with Gasteiger partial charge in [-0.1, -0.05) is 6.92 Å². The van der Waals surface area contributed by atoms with Crippen molar-refractivity contribution in [2.45, 2.75) is 26.4 Å². The van der Waals surface area contributed by atoms with Crippen LogP contribution in [0.3, 0.4) is 0 Å². The van der Waals surface area contributed by atoms with Crippen LogP contribution in [-0.4, -0.2) is 39.9 Å². The minimum Gasteiger partial charge on any atom is -0.354 e. The SMILES string of the molecule is CNC(=O)c1cnc2n1CCN(C(=O)C1CC1C)C2. The standard InChI is InChI=1S/C13H18N4O2/c1-8-5-9(8)13(19)16-3-4-17-10(12(18)14-2)6-15-11(17)7-16/h6,8-9H,3-5,7H2,1-2H3,(H,14,18). The molecule has 2 unspecified atom stereocenters. The van der Waals surface area contributed by atoms with Gasteiger partial charge < -0.3 is 14.8 Å². The van der Waals surface area contributed by atoms with Gasteiger partial charge in [0.2, 0.25) is 5.91 Å². The minimum atomic E-state index is -0.130. The lowest BCUT2D eigenvalue weighted by Crippen LogP contribution is -2.40. The second-order valence-corrected chi connectivity index (χ2v) is 5.37. The first-order valence-electron chi connectivity index (χ1n) is 6.67. The van der Waals surface area contributed by atoms with E-state index in [4.69, 9.17) is 0 Å². The molecule has 3 rings (SSSR count). The maximum atomic E-state index is 12.2. The molecule has 0 spiro atoms. The van der Waals surface area contributed by atoms with Crippen LogP contribution in [0.2, 0.25) is 0 Å². The number of rotatable bonds is 2. The van der Waals surface area contributed by atoms with Crippen LogP contribution in [0.1, 0.15) is 29.7 Å². The molecule has 1 aliphatic heterocycles. The Kier molecular flexibility index (Phi) is 2.80. The van der Waals surface area contributed by atoms with Gasteiger partial charge >= 0.3 is 0 Å². The average molecular weight is 262 g/mol. The Morgan fingerprint density at radius 1 is 1.42 bits per heavy atom. The summed E-state index contributed by atoms with van der Waals surface area (Å²) >= 11 is 0. The first-order chi connectivity index (χ1) is 9.11. The highest BCUT2D eigenvalue weighted by Crippen LogP contribution is 2.39. The molecule has 2 atom stereocenters. The first-order valence-corrected chi connectivity index (χ1v) is 6.67. The molecule has 19 heavy (non-hydrogen) atoms. The Morgan fingerprint density at radius 3 is 2.79 bits per heavy atom. The molecule has 1 saturated carbocycles. The fourth-order valence-corrected chi connectivity index (χ4v) is 2.66. The molecule has 2 amide bonds. The molecule has 6 heteroatoms. The van der Waals surface area contributed by atoms with E-state index in [1.54, 1.807) is 13.2 Å². The molecular formula is C13H18N4O2. The van der Waals surface area contributed by atoms with E-state index < -0.39 is 0 Å². The zero-order valence-electron chi connectivity index (χ0n) is 11.2. The third-order valence-electron chi connectivity index (χ3n) is 4.06. The molecular weight excluding hydrogens is 244 g/mol. The molecule has 1 N–H and O–H groups in total. The largest absolute Gasteiger partial charge is 0.354 e. The number of carbonyl (C=O) groups excluding carboxylic acids is 2. The molecule has 6 nitrogen and oxygen atoms in total. The second kappa shape index (κ2) is 4.36. The van der Waals surface area contributed by atoms with Gasteiger partial charge in [0.25, 0.3) is 5.91 Å². The highest BCUT2D eigenvalue weighted by molar-refractivity contribution is 5.92. The van der Waals surface area contributed by atoms with Gasteiger partial charge in [0, 0.05) is 26.1 Å². The third-order valence-corrected chi connectivity index (χ3v) is 4.06. The van der Waals surface area contributed by atoms with E-state index in [9.17, 15) is 9.59 Å². The van der Waals surface area contributed by atoms with Gasteiger partial charge in [-0.15, -0.1) is 0 Å². The van der Waals surface area contributed by atoms with Crippen molar-refractivity contribution in [2.75, 3.05) is 13.6 Å². The number of carbonyl (C=O) groups is 2. The van der Waals surface area contributed by atoms with Crippen LogP contribution in [0.15, 0.2) is 6.20 Å². The Bertz CT molecular complexity index is 537. The Hall–Kier alpha value is -1.85. The molecule has 0 radical (unpaired) electrons. The third kappa shape index (κ3) is 2.01. The number of nitrogens with zero attached hydrogens (tertiary/aromatic N) is 3. The normalized spacial score (nSPS) is 24.8. The summed E-state index contributed by atoms with van der Waals surface area (Å²) in [6, 6.07) is 0. The van der Waals surface area contributed by atoms with E-state index in [2.05, 4.69) is 17.2 Å². The summed E-state index contributed by atoms with van der Waals surface area (Å²) in [6.45, 7) is 3.93. The van der Waals surface area contributed by atoms with E-state index in [-0.39, 0.29) is 17.7 Å². The molecule has 0 saturated heterocycles. The number of hydrogen-bond acceptors (Lipinski definition) is 3. The monoisotopic (exact) mass is 262 g/mol. The zero-order chi connectivity index (χ0) is 13.6. The van der Waals surface area contributed by atoms with Crippen molar-refractivity contribution in [3.05, 3.63) is 17.7 Å². The fourth-order valence-electron chi connectivity index (χ4n) is 2.66. The summed E-state index contributed by atoms with van der Waals surface area (Å²) in [5, 5.41) is 2.61. The highest BCUT2D eigenvalue weighted by Gasteiger charge is 2.42. The van der Waals surface area contributed by atoms with E-state index >= 15 is 0 Å². The van der Waals surface area contributed by atoms with Crippen LogP contribution in [0.4, 0.5) is 0 Å². The number of amides is 2. The topological polar surface area (TPSA) is 67.2 Å². The summed E-state index contributed by atoms with van der Waals surface area (Å²) in [6.07, 6.45) is 2.59. The van der Waals surface area contributed by atoms with Gasteiger partial charge in [-0.25, -0.2) is 4.98 Å². The van der Waals surface area contributed by atoms with Crippen molar-refractivity contribution in [2.24, 2.45) is 11.8 Å². The van der Waals surface area contributed by atoms with Gasteiger partial charge in [-0.2, -0.15) is 0 Å². The van der Waals surface area contributed by atoms with Crippen LogP contribution in [-0.2, 0) is 17.9 Å². The number of nitrogens with one attached hydrogen (secondary N) is 1. The lowest BCUT2D eigenvalue weighted by molar-refractivity contribution is -0.134. The molecule has 0 bridgehead atoms. The summed E-state index contributed by atoms with van der Waals surface area (Å²) in [5.41, 5.74) is 0.574. The quantitative estimate of drug-likeness (QED) is 0.830. The van der Waals surface area contributed by atoms with E-state index in [0.717, 1.165) is 12.2 Å². The molecule has 0 aromatic carbocycles. The molecule has 102 valence electrons. The van der Waals surface area contributed by atoms with Gasteiger partial charge in [0.1, 0.15) is 11.5 Å². The fraction of sp³-hybridized carbons (Fsp3) is 0.615. The second-order valence-electron chi connectivity index (χ2n) is 5.37. The van der Waals surface area contributed by atoms with E-state index in [1.165, 1.54) is 0 Å². The zero-order valence-corrected chi connectivity index (χ0v) is 11.2. The summed E-state index contributed by atoms with van der Waals surface area (Å²) < 4.78 is 1.90. The molecule has 2 aliphatic rings. The summed E-state index contributed by atoms with van der Waals surface area (Å²) in [4.78, 5) is 30.0. The van der Waals surface area contributed by atoms with Crippen molar-refractivity contribution >= 4 is 11.8 Å². The molecule has 1 aliphatic carbocycles. The Morgan fingerprint density at radius 2 is 2.16 bits per heavy atom. The Labute approximate surface area is 111 Å². The van der Waals surface area contributed by atoms with Crippen molar-refractivity contribution < 1.29 is 9.59 Å². The van der Waals surface area contributed by atoms with Gasteiger partial charge in [-0.05, 0) is 12.3 Å². The molecule has 1 fully saturated rings. The Balaban J connectivity index is 1.76. The number of hydrogen-bond donors (Lipinski definition) is 1. The van der Waals surface area contributed by atoms with Crippen LogP contribution in [0, 0.1) is 11.8 Å². The lowest BCUT2D eigenvalue weighted by atomic mass is 10.2. The summed E-state index contributed by atoms with van der Waals surface area (Å²) in [5.74, 6) is 1.64. The molecule has 1 aromatic rings. The number of fused-ring (bicyclic) bond motifs is 1. The first kappa shape index (κ1) is 12.2. The van der Waals surface area contributed by atoms with E-state index in [0.29, 0.717) is 31.2 Å². The highest BCUT2D eigenvalue weighted by atomic mass is 16.2. The number of imidazole rings is 1. The van der Waals surface area contributed by atoms with E-state index in [1.807, 2.05) is 9.47 Å². The van der Waals surface area contributed by atoms with Crippen molar-refractivity contribution in [1.82, 2.24) is 19.8 Å². The lowest BCUT2D eigenvalue weighted by Gasteiger charge is -2.28. The smallest absolute Gasteiger partial charge is 0.269 e. The van der Waals surface area contributed by atoms with Crippen molar-refractivity contribution in [3.63, 3.8) is 0 Å². The maximum Gasteiger partial charge on any atom is 0.269 e. The van der Waals surface area contributed by atoms with Crippen LogP contribution in [0.5, 0.6) is 0 Å². The molecule has 2 heterocycles. The summed E-state index contributed by atoms with van der Waals surface area (Å²) in [7, 11) is 1.61. The van der Waals surface area contributed by atoms with Gasteiger partial charge in [0.05, 0.1) is 12.7 Å². The predicted octanol–water partition coefficient (Wildman–Crippen LogP) is 0.241. The van der Waals surface area contributed by atoms with Crippen molar-refractivity contribution in [1.29, 1.82) is 0 Å². The number of aromatic nitrogens is 2. The van der Waals surface area contributed by atoms with Gasteiger partial charge in [-0.3, -0.25) is 9.59 Å². The average Bonchev–Trinajstić information content (AvgIpc) is 3.01. The van der Waals surface area contributed by atoms with Crippen LogP contribution >= 0.6 is 0 Å². The minimum absolute atomic E-state index is 0.130. The maximum absolute atomic E-state index is 12.2. The predicted molar refractivity (Wildman–Crippen MR) is 68.3 cm³/mol. The molecule has 1 aromatic heterocycles. The van der Waals surface area contributed by atoms with Crippen LogP contribution in [0.25, 0.3) is 0 Å². The van der Waals surface area contributed by atoms with Gasteiger partial charge in [0.15, 0.2) is 0 Å². The van der Waals surface area contributed by atoms with Crippen LogP contribution < -0.4 is 5.32 Å². The van der Waals surface area contributed by atoms with Crippen molar-refractivity contribution in [3.8, 4) is 0 Å².